The number of aromatic nitrogens is 3. The van der Waals surface area contributed by atoms with Crippen molar-refractivity contribution in [3.8, 4) is 0 Å². The van der Waals surface area contributed by atoms with E-state index in [9.17, 15) is 9.36 Å². The van der Waals surface area contributed by atoms with Gasteiger partial charge in [0.15, 0.2) is 0 Å². The highest BCUT2D eigenvalue weighted by Gasteiger charge is 2.12. The number of hydrogen-bond acceptors (Lipinski definition) is 4. The third kappa shape index (κ3) is 3.88. The molecule has 0 saturated heterocycles. The summed E-state index contributed by atoms with van der Waals surface area (Å²) in [7, 11) is -4.24. The molecular formula is C14H11BrN3O4PS. The van der Waals surface area contributed by atoms with Crippen molar-refractivity contribution < 1.29 is 14.4 Å². The predicted octanol–water partition coefficient (Wildman–Crippen LogP) is 3.31. The zero-order chi connectivity index (χ0) is 17.3. The van der Waals surface area contributed by atoms with Crippen molar-refractivity contribution in [2.24, 2.45) is 0 Å². The lowest BCUT2D eigenvalue weighted by Crippen LogP contribution is -2.05. The smallest absolute Gasteiger partial charge is 0.349 e. The zero-order valence-electron chi connectivity index (χ0n) is 11.9. The Morgan fingerprint density at radius 2 is 2.04 bits per heavy atom. The molecule has 10 heteroatoms. The summed E-state index contributed by atoms with van der Waals surface area (Å²) in [5.41, 5.74) is 1.30. The first-order chi connectivity index (χ1) is 11.3. The van der Waals surface area contributed by atoms with Crippen LogP contribution in [0.25, 0.3) is 17.1 Å². The highest BCUT2D eigenvalue weighted by Crippen LogP contribution is 2.40. The lowest BCUT2D eigenvalue weighted by atomic mass is 10.2. The number of fused-ring (bicyclic) bond motifs is 1. The van der Waals surface area contributed by atoms with E-state index in [1.807, 2.05) is 6.07 Å². The molecule has 2 heterocycles. The standard InChI is InChI=1S/C14H11BrN3O4PS/c15-9-2-1-8(3-4-23(20,21)22)10(5-9)24-11-6-16-13-12(11)17-7-18-14(13)19/h1-7,16H,(H,17,18,19)(H2,20,21,22)/b4-3+. The number of hydrogen-bond donors (Lipinski definition) is 4. The maximum atomic E-state index is 11.7. The Kier molecular flexibility index (Phi) is 4.80. The van der Waals surface area contributed by atoms with Gasteiger partial charge in [0.05, 0.1) is 11.2 Å². The molecule has 0 saturated carbocycles. The van der Waals surface area contributed by atoms with Gasteiger partial charge in [-0.25, -0.2) is 4.98 Å². The predicted molar refractivity (Wildman–Crippen MR) is 96.1 cm³/mol. The number of H-pyrrole nitrogens is 2. The van der Waals surface area contributed by atoms with Crippen LogP contribution in [0.15, 0.2) is 55.6 Å². The van der Waals surface area contributed by atoms with Crippen LogP contribution >= 0.6 is 35.3 Å². The topological polar surface area (TPSA) is 119 Å². The second-order valence-electron chi connectivity index (χ2n) is 4.80. The first-order valence-corrected chi connectivity index (χ1v) is 9.89. The van der Waals surface area contributed by atoms with Crippen molar-refractivity contribution in [2.45, 2.75) is 9.79 Å². The van der Waals surface area contributed by atoms with Gasteiger partial charge < -0.3 is 19.8 Å². The van der Waals surface area contributed by atoms with Gasteiger partial charge >= 0.3 is 7.60 Å². The van der Waals surface area contributed by atoms with Gasteiger partial charge in [-0.2, -0.15) is 0 Å². The Labute approximate surface area is 148 Å². The van der Waals surface area contributed by atoms with Gasteiger partial charge in [-0.15, -0.1) is 0 Å². The van der Waals surface area contributed by atoms with Crippen molar-refractivity contribution >= 4 is 52.4 Å². The lowest BCUT2D eigenvalue weighted by Gasteiger charge is -2.06. The van der Waals surface area contributed by atoms with E-state index in [1.54, 1.807) is 18.3 Å². The van der Waals surface area contributed by atoms with Gasteiger partial charge in [-0.1, -0.05) is 33.8 Å². The maximum Gasteiger partial charge on any atom is 0.349 e. The Bertz CT molecular complexity index is 1040. The third-order valence-corrected chi connectivity index (χ3v) is 5.21. The molecule has 1 aromatic carbocycles. The molecule has 0 spiro atoms. The normalized spacial score (nSPS) is 12.3. The fourth-order valence-electron chi connectivity index (χ4n) is 2.03. The molecule has 0 fully saturated rings. The van der Waals surface area contributed by atoms with Gasteiger partial charge in [-0.05, 0) is 23.8 Å². The number of nitrogens with one attached hydrogen (secondary N) is 2. The van der Waals surface area contributed by atoms with Gasteiger partial charge in [0.1, 0.15) is 11.0 Å². The van der Waals surface area contributed by atoms with Crippen LogP contribution in [0.2, 0.25) is 0 Å². The van der Waals surface area contributed by atoms with Crippen LogP contribution in [0.5, 0.6) is 0 Å². The Hall–Kier alpha value is -1.64. The number of nitrogens with zero attached hydrogens (tertiary/aromatic N) is 1. The lowest BCUT2D eigenvalue weighted by molar-refractivity contribution is 0.386. The highest BCUT2D eigenvalue weighted by molar-refractivity contribution is 9.10. The van der Waals surface area contributed by atoms with Crippen molar-refractivity contribution in [1.82, 2.24) is 15.0 Å². The van der Waals surface area contributed by atoms with E-state index in [2.05, 4.69) is 30.9 Å². The molecule has 4 N–H and O–H groups in total. The summed E-state index contributed by atoms with van der Waals surface area (Å²) in [6.45, 7) is 0. The molecule has 3 rings (SSSR count). The molecule has 3 aromatic rings. The number of halogens is 1. The number of benzene rings is 1. The van der Waals surface area contributed by atoms with Crippen molar-refractivity contribution in [3.63, 3.8) is 0 Å². The summed E-state index contributed by atoms with van der Waals surface area (Å²) in [4.78, 5) is 40.8. The second kappa shape index (κ2) is 6.70. The van der Waals surface area contributed by atoms with Gasteiger partial charge in [-0.3, -0.25) is 9.36 Å². The Morgan fingerprint density at radius 1 is 1.25 bits per heavy atom. The van der Waals surface area contributed by atoms with E-state index in [1.165, 1.54) is 24.2 Å². The Balaban J connectivity index is 2.04. The van der Waals surface area contributed by atoms with E-state index in [0.29, 0.717) is 16.6 Å². The minimum absolute atomic E-state index is 0.261. The Morgan fingerprint density at radius 3 is 2.79 bits per heavy atom. The summed E-state index contributed by atoms with van der Waals surface area (Å²) in [5, 5.41) is 0. The van der Waals surface area contributed by atoms with Crippen LogP contribution < -0.4 is 5.56 Å². The van der Waals surface area contributed by atoms with E-state index >= 15 is 0 Å². The highest BCUT2D eigenvalue weighted by atomic mass is 79.9. The van der Waals surface area contributed by atoms with E-state index in [-0.39, 0.29) is 5.56 Å². The molecule has 0 amide bonds. The van der Waals surface area contributed by atoms with E-state index in [4.69, 9.17) is 9.79 Å². The van der Waals surface area contributed by atoms with Crippen LogP contribution in [-0.4, -0.2) is 24.7 Å². The van der Waals surface area contributed by atoms with E-state index < -0.39 is 7.60 Å². The fourth-order valence-corrected chi connectivity index (χ4v) is 3.95. The molecule has 0 aliphatic heterocycles. The molecule has 2 aromatic heterocycles. The molecule has 124 valence electrons. The molecule has 0 unspecified atom stereocenters. The van der Waals surface area contributed by atoms with Gasteiger partial charge in [0.2, 0.25) is 0 Å². The average molecular weight is 428 g/mol. The van der Waals surface area contributed by atoms with Crippen molar-refractivity contribution in [2.75, 3.05) is 0 Å². The van der Waals surface area contributed by atoms with Gasteiger partial charge in [0, 0.05) is 21.4 Å². The zero-order valence-corrected chi connectivity index (χ0v) is 15.2. The molecule has 0 aliphatic carbocycles. The first-order valence-electron chi connectivity index (χ1n) is 6.60. The summed E-state index contributed by atoms with van der Waals surface area (Å²) >= 11 is 4.73. The molecule has 24 heavy (non-hydrogen) atoms. The molecular weight excluding hydrogens is 417 g/mol. The van der Waals surface area contributed by atoms with Crippen molar-refractivity contribution in [3.05, 3.63) is 56.9 Å². The molecule has 0 radical (unpaired) electrons. The molecule has 0 bridgehead atoms. The van der Waals surface area contributed by atoms with Crippen LogP contribution in [0.3, 0.4) is 0 Å². The molecule has 7 nitrogen and oxygen atoms in total. The molecule has 0 atom stereocenters. The summed E-state index contributed by atoms with van der Waals surface area (Å²) in [5.74, 6) is 0.860. The first kappa shape index (κ1) is 17.2. The summed E-state index contributed by atoms with van der Waals surface area (Å²) in [6, 6.07) is 5.35. The maximum absolute atomic E-state index is 11.7. The van der Waals surface area contributed by atoms with Crippen LogP contribution in [0.4, 0.5) is 0 Å². The molecule has 0 aliphatic rings. The van der Waals surface area contributed by atoms with Crippen LogP contribution in [-0.2, 0) is 4.57 Å². The van der Waals surface area contributed by atoms with Crippen LogP contribution in [0, 0.1) is 0 Å². The second-order valence-corrected chi connectivity index (χ2v) is 8.27. The van der Waals surface area contributed by atoms with Crippen molar-refractivity contribution in [1.29, 1.82) is 0 Å². The fraction of sp³-hybridized carbons (Fsp3) is 0. The third-order valence-electron chi connectivity index (χ3n) is 3.08. The largest absolute Gasteiger partial charge is 0.354 e. The monoisotopic (exact) mass is 427 g/mol. The van der Waals surface area contributed by atoms with Crippen LogP contribution in [0.1, 0.15) is 5.56 Å². The minimum atomic E-state index is -4.24. The SMILES string of the molecule is O=c1[nH]cnc2c(Sc3cc(Br)ccc3/C=C/P(=O)(O)O)c[nH]c12. The minimum Gasteiger partial charge on any atom is -0.354 e. The average Bonchev–Trinajstić information content (AvgIpc) is 2.90. The summed E-state index contributed by atoms with van der Waals surface area (Å²) < 4.78 is 11.9. The van der Waals surface area contributed by atoms with E-state index in [0.717, 1.165) is 20.1 Å². The summed E-state index contributed by atoms with van der Waals surface area (Å²) in [6.07, 6.45) is 4.39. The van der Waals surface area contributed by atoms with Gasteiger partial charge in [0.25, 0.3) is 5.56 Å². The quantitative estimate of drug-likeness (QED) is 0.474. The number of aromatic amines is 2. The number of rotatable bonds is 4.